The second kappa shape index (κ2) is 4.75. The van der Waals surface area contributed by atoms with E-state index in [0.717, 1.165) is 0 Å². The number of rotatable bonds is 5. The summed E-state index contributed by atoms with van der Waals surface area (Å²) in [6.07, 6.45) is -0.387. The molecule has 5 nitrogen and oxygen atoms in total. The van der Waals surface area contributed by atoms with Crippen molar-refractivity contribution in [2.45, 2.75) is 43.9 Å². The standard InChI is InChI=1S/C10H16F3N3O2/c1-9(2,11)3-5(7(14)17)16-6-8(18)15-4-10(6,12)13/h5-6,16H,3-4H2,1-2H3,(H2,14,17)(H,15,18)/t5-,6+/m0/s1. The van der Waals surface area contributed by atoms with Crippen LogP contribution in [0.2, 0.25) is 0 Å². The third-order valence-corrected chi connectivity index (χ3v) is 2.58. The summed E-state index contributed by atoms with van der Waals surface area (Å²) in [6, 6.07) is -3.19. The van der Waals surface area contributed by atoms with Crippen molar-refractivity contribution in [3.05, 3.63) is 0 Å². The van der Waals surface area contributed by atoms with Crippen molar-refractivity contribution in [2.75, 3.05) is 6.54 Å². The predicted molar refractivity (Wildman–Crippen MR) is 57.7 cm³/mol. The van der Waals surface area contributed by atoms with Crippen LogP contribution in [0.1, 0.15) is 20.3 Å². The van der Waals surface area contributed by atoms with Crippen LogP contribution in [0.5, 0.6) is 0 Å². The molecule has 0 bridgehead atoms. The highest BCUT2D eigenvalue weighted by Gasteiger charge is 2.51. The minimum absolute atomic E-state index is 0.387. The monoisotopic (exact) mass is 267 g/mol. The number of nitrogens with one attached hydrogen (secondary N) is 2. The molecule has 1 rings (SSSR count). The van der Waals surface area contributed by atoms with Gasteiger partial charge < -0.3 is 11.1 Å². The van der Waals surface area contributed by atoms with Gasteiger partial charge in [0.1, 0.15) is 5.67 Å². The highest BCUT2D eigenvalue weighted by molar-refractivity contribution is 5.87. The number of amides is 2. The number of carbonyl (C=O) groups is 2. The van der Waals surface area contributed by atoms with Crippen LogP contribution in [-0.2, 0) is 9.59 Å². The molecule has 104 valence electrons. The lowest BCUT2D eigenvalue weighted by molar-refractivity contribution is -0.126. The summed E-state index contributed by atoms with van der Waals surface area (Å²) in [6.45, 7) is 1.57. The number of carbonyl (C=O) groups excluding carboxylic acids is 2. The zero-order valence-electron chi connectivity index (χ0n) is 10.1. The number of halogens is 3. The molecule has 1 saturated heterocycles. The van der Waals surface area contributed by atoms with Gasteiger partial charge in [-0.05, 0) is 13.8 Å². The number of alkyl halides is 3. The van der Waals surface area contributed by atoms with E-state index in [2.05, 4.69) is 5.32 Å². The van der Waals surface area contributed by atoms with Crippen molar-refractivity contribution in [3.8, 4) is 0 Å². The fourth-order valence-corrected chi connectivity index (χ4v) is 1.73. The van der Waals surface area contributed by atoms with Crippen LogP contribution < -0.4 is 16.4 Å². The Bertz CT molecular complexity index is 355. The highest BCUT2D eigenvalue weighted by atomic mass is 19.3. The predicted octanol–water partition coefficient (Wildman–Crippen LogP) is -0.298. The molecule has 0 spiro atoms. The third-order valence-electron chi connectivity index (χ3n) is 2.58. The molecule has 1 fully saturated rings. The van der Waals surface area contributed by atoms with Crippen LogP contribution in [0.25, 0.3) is 0 Å². The largest absolute Gasteiger partial charge is 0.368 e. The molecule has 18 heavy (non-hydrogen) atoms. The van der Waals surface area contributed by atoms with Gasteiger partial charge >= 0.3 is 0 Å². The zero-order valence-corrected chi connectivity index (χ0v) is 10.1. The first kappa shape index (κ1) is 14.7. The van der Waals surface area contributed by atoms with E-state index in [4.69, 9.17) is 5.73 Å². The fraction of sp³-hybridized carbons (Fsp3) is 0.800. The second-order valence-electron chi connectivity index (χ2n) is 4.96. The molecule has 0 aromatic rings. The van der Waals surface area contributed by atoms with Gasteiger partial charge in [-0.25, -0.2) is 13.2 Å². The van der Waals surface area contributed by atoms with Gasteiger partial charge in [0.25, 0.3) is 5.92 Å². The highest BCUT2D eigenvalue weighted by Crippen LogP contribution is 2.24. The van der Waals surface area contributed by atoms with Crippen LogP contribution in [0, 0.1) is 0 Å². The van der Waals surface area contributed by atoms with Crippen molar-refractivity contribution in [1.82, 2.24) is 10.6 Å². The SMILES string of the molecule is CC(C)(F)C[C@H](N[C@@H]1C(=O)NCC1(F)F)C(N)=O. The van der Waals surface area contributed by atoms with Gasteiger partial charge in [-0.2, -0.15) is 0 Å². The molecule has 0 saturated carbocycles. The van der Waals surface area contributed by atoms with Crippen LogP contribution in [0.4, 0.5) is 13.2 Å². The van der Waals surface area contributed by atoms with E-state index in [9.17, 15) is 22.8 Å². The first-order valence-electron chi connectivity index (χ1n) is 5.43. The molecule has 1 aliphatic heterocycles. The van der Waals surface area contributed by atoms with E-state index in [0.29, 0.717) is 0 Å². The van der Waals surface area contributed by atoms with Gasteiger partial charge in [-0.1, -0.05) is 0 Å². The summed E-state index contributed by atoms with van der Waals surface area (Å²) in [5.41, 5.74) is 3.24. The smallest absolute Gasteiger partial charge is 0.288 e. The summed E-state index contributed by atoms with van der Waals surface area (Å²) >= 11 is 0. The van der Waals surface area contributed by atoms with Crippen molar-refractivity contribution >= 4 is 11.8 Å². The van der Waals surface area contributed by atoms with Crippen LogP contribution in [0.15, 0.2) is 0 Å². The lowest BCUT2D eigenvalue weighted by atomic mass is 9.99. The first-order chi connectivity index (χ1) is 8.03. The van der Waals surface area contributed by atoms with Gasteiger partial charge in [0.15, 0.2) is 6.04 Å². The number of hydrogen-bond donors (Lipinski definition) is 3. The van der Waals surface area contributed by atoms with Crippen LogP contribution in [-0.4, -0.2) is 42.0 Å². The van der Waals surface area contributed by atoms with Gasteiger partial charge in [-0.3, -0.25) is 14.9 Å². The second-order valence-corrected chi connectivity index (χ2v) is 4.96. The minimum Gasteiger partial charge on any atom is -0.368 e. The first-order valence-corrected chi connectivity index (χ1v) is 5.43. The summed E-state index contributed by atoms with van der Waals surface area (Å²) in [4.78, 5) is 22.3. The molecule has 0 aromatic heterocycles. The Morgan fingerprint density at radius 3 is 2.56 bits per heavy atom. The molecule has 0 radical (unpaired) electrons. The van der Waals surface area contributed by atoms with E-state index in [1.807, 2.05) is 5.32 Å². The lowest BCUT2D eigenvalue weighted by Crippen LogP contribution is -2.55. The van der Waals surface area contributed by atoms with E-state index in [-0.39, 0.29) is 6.42 Å². The van der Waals surface area contributed by atoms with Gasteiger partial charge in [-0.15, -0.1) is 0 Å². The molecule has 2 amide bonds. The quantitative estimate of drug-likeness (QED) is 0.639. The maximum Gasteiger partial charge on any atom is 0.288 e. The van der Waals surface area contributed by atoms with E-state index >= 15 is 0 Å². The van der Waals surface area contributed by atoms with Gasteiger partial charge in [0.05, 0.1) is 12.6 Å². The Hall–Kier alpha value is -1.31. The Morgan fingerprint density at radius 2 is 2.22 bits per heavy atom. The normalized spacial score (nSPS) is 24.7. The Balaban J connectivity index is 2.78. The summed E-state index contributed by atoms with van der Waals surface area (Å²) in [5.74, 6) is -5.23. The topological polar surface area (TPSA) is 84.2 Å². The molecule has 2 atom stereocenters. The molecular weight excluding hydrogens is 251 g/mol. The Kier molecular flexibility index (Phi) is 3.89. The zero-order chi connectivity index (χ0) is 14.1. The molecule has 4 N–H and O–H groups in total. The Morgan fingerprint density at radius 1 is 1.67 bits per heavy atom. The van der Waals surface area contributed by atoms with Crippen molar-refractivity contribution < 1.29 is 22.8 Å². The van der Waals surface area contributed by atoms with Crippen LogP contribution >= 0.6 is 0 Å². The fourth-order valence-electron chi connectivity index (χ4n) is 1.73. The van der Waals surface area contributed by atoms with Crippen LogP contribution in [0.3, 0.4) is 0 Å². The minimum atomic E-state index is -3.33. The molecule has 1 aliphatic rings. The number of hydrogen-bond acceptors (Lipinski definition) is 3. The lowest BCUT2D eigenvalue weighted by Gasteiger charge is -2.26. The van der Waals surface area contributed by atoms with E-state index in [1.165, 1.54) is 13.8 Å². The van der Waals surface area contributed by atoms with Crippen molar-refractivity contribution in [3.63, 3.8) is 0 Å². The molecule has 1 heterocycles. The van der Waals surface area contributed by atoms with Gasteiger partial charge in [0, 0.05) is 6.42 Å². The Labute approximate surface area is 102 Å². The maximum absolute atomic E-state index is 13.4. The molecular formula is C10H16F3N3O2. The van der Waals surface area contributed by atoms with Gasteiger partial charge in [0.2, 0.25) is 11.8 Å². The summed E-state index contributed by atoms with van der Waals surface area (Å²) in [7, 11) is 0. The average Bonchev–Trinajstić information content (AvgIpc) is 2.41. The maximum atomic E-state index is 13.4. The molecule has 8 heteroatoms. The number of nitrogens with two attached hydrogens (primary N) is 1. The third kappa shape index (κ3) is 3.59. The number of primary amides is 1. The average molecular weight is 267 g/mol. The van der Waals surface area contributed by atoms with Crippen molar-refractivity contribution in [2.24, 2.45) is 5.73 Å². The molecule has 0 unspecified atom stereocenters. The van der Waals surface area contributed by atoms with E-state index in [1.54, 1.807) is 0 Å². The molecule has 0 aliphatic carbocycles. The molecule has 0 aromatic carbocycles. The summed E-state index contributed by atoms with van der Waals surface area (Å²) in [5, 5.41) is 4.11. The summed E-state index contributed by atoms with van der Waals surface area (Å²) < 4.78 is 40.1. The van der Waals surface area contributed by atoms with E-state index < -0.39 is 42.0 Å². The van der Waals surface area contributed by atoms with Crippen molar-refractivity contribution in [1.29, 1.82) is 0 Å².